The van der Waals surface area contributed by atoms with Crippen molar-refractivity contribution >= 4 is 27.8 Å². The van der Waals surface area contributed by atoms with E-state index in [2.05, 4.69) is 9.93 Å². The summed E-state index contributed by atoms with van der Waals surface area (Å²) in [6, 6.07) is 23.8. The molecule has 0 aliphatic rings. The van der Waals surface area contributed by atoms with E-state index in [9.17, 15) is 8.42 Å². The Kier molecular flexibility index (Phi) is 6.39. The Labute approximate surface area is 192 Å². The van der Waals surface area contributed by atoms with E-state index in [0.717, 1.165) is 16.7 Å². The molecular formula is C24H21ClN4O2S. The Balaban J connectivity index is 1.60. The number of aromatic nitrogens is 2. The predicted octanol–water partition coefficient (Wildman–Crippen LogP) is 4.87. The van der Waals surface area contributed by atoms with Crippen molar-refractivity contribution in [3.63, 3.8) is 0 Å². The van der Waals surface area contributed by atoms with E-state index in [4.69, 9.17) is 16.7 Å². The first-order chi connectivity index (χ1) is 15.4. The molecule has 3 aromatic carbocycles. The molecule has 0 aliphatic heterocycles. The fourth-order valence-corrected chi connectivity index (χ4v) is 4.06. The summed E-state index contributed by atoms with van der Waals surface area (Å²) in [5, 5.41) is 9.37. The van der Waals surface area contributed by atoms with Gasteiger partial charge in [-0.05, 0) is 36.8 Å². The summed E-state index contributed by atoms with van der Waals surface area (Å²) in [5.41, 5.74) is 4.33. The number of hydrazone groups is 1. The average Bonchev–Trinajstić information content (AvgIpc) is 3.18. The van der Waals surface area contributed by atoms with Crippen LogP contribution in [0.15, 0.2) is 95.1 Å². The SMILES string of the molecule is Cc1ccc(S(=O)(=O)N/N=C/c2cn(Cc3ccc(Cl)cc3)nc2-c2ccccc2)cc1. The van der Waals surface area contributed by atoms with Gasteiger partial charge in [0.05, 0.1) is 17.7 Å². The van der Waals surface area contributed by atoms with Gasteiger partial charge in [0.2, 0.25) is 0 Å². The maximum atomic E-state index is 12.5. The highest BCUT2D eigenvalue weighted by Crippen LogP contribution is 2.21. The van der Waals surface area contributed by atoms with Gasteiger partial charge in [0.15, 0.2) is 0 Å². The third kappa shape index (κ3) is 5.25. The van der Waals surface area contributed by atoms with Crippen molar-refractivity contribution in [2.75, 3.05) is 0 Å². The van der Waals surface area contributed by atoms with Gasteiger partial charge in [0.1, 0.15) is 5.69 Å². The van der Waals surface area contributed by atoms with Crippen molar-refractivity contribution in [2.24, 2.45) is 5.10 Å². The fourth-order valence-electron chi connectivity index (χ4n) is 3.14. The number of benzene rings is 3. The van der Waals surface area contributed by atoms with Crippen LogP contribution in [0.3, 0.4) is 0 Å². The highest BCUT2D eigenvalue weighted by Gasteiger charge is 2.13. The molecule has 0 unspecified atom stereocenters. The van der Waals surface area contributed by atoms with Gasteiger partial charge < -0.3 is 0 Å². The normalized spacial score (nSPS) is 11.7. The summed E-state index contributed by atoms with van der Waals surface area (Å²) < 4.78 is 26.8. The first kappa shape index (κ1) is 21.8. The molecule has 8 heteroatoms. The molecule has 0 fully saturated rings. The van der Waals surface area contributed by atoms with Crippen LogP contribution in [0.25, 0.3) is 11.3 Å². The maximum absolute atomic E-state index is 12.5. The molecule has 0 saturated carbocycles. The lowest BCUT2D eigenvalue weighted by atomic mass is 10.1. The van der Waals surface area contributed by atoms with Crippen LogP contribution >= 0.6 is 11.6 Å². The number of nitrogens with one attached hydrogen (secondary N) is 1. The highest BCUT2D eigenvalue weighted by atomic mass is 35.5. The minimum Gasteiger partial charge on any atom is -0.267 e. The number of hydrogen-bond acceptors (Lipinski definition) is 4. The summed E-state index contributed by atoms with van der Waals surface area (Å²) in [7, 11) is -3.76. The lowest BCUT2D eigenvalue weighted by Crippen LogP contribution is -2.18. The zero-order valence-corrected chi connectivity index (χ0v) is 18.9. The summed E-state index contributed by atoms with van der Waals surface area (Å²) in [4.78, 5) is 2.43. The molecule has 4 rings (SSSR count). The molecule has 0 aliphatic carbocycles. The van der Waals surface area contributed by atoms with Crippen molar-refractivity contribution in [2.45, 2.75) is 18.4 Å². The molecular weight excluding hydrogens is 444 g/mol. The van der Waals surface area contributed by atoms with Gasteiger partial charge in [-0.3, -0.25) is 4.68 Å². The molecule has 4 aromatic rings. The van der Waals surface area contributed by atoms with Crippen molar-refractivity contribution < 1.29 is 8.42 Å². The molecule has 1 aromatic heterocycles. The minimum atomic E-state index is -3.76. The van der Waals surface area contributed by atoms with E-state index in [1.54, 1.807) is 28.9 Å². The Morgan fingerprint density at radius 1 is 1.00 bits per heavy atom. The zero-order valence-electron chi connectivity index (χ0n) is 17.3. The lowest BCUT2D eigenvalue weighted by Gasteiger charge is -2.03. The smallest absolute Gasteiger partial charge is 0.267 e. The van der Waals surface area contributed by atoms with E-state index in [0.29, 0.717) is 22.8 Å². The molecule has 0 amide bonds. The molecule has 6 nitrogen and oxygen atoms in total. The summed E-state index contributed by atoms with van der Waals surface area (Å²) in [5.74, 6) is 0. The van der Waals surface area contributed by atoms with Gasteiger partial charge in [0, 0.05) is 22.3 Å². The van der Waals surface area contributed by atoms with Crippen molar-refractivity contribution in [1.82, 2.24) is 14.6 Å². The monoisotopic (exact) mass is 464 g/mol. The van der Waals surface area contributed by atoms with Crippen molar-refractivity contribution in [3.05, 3.63) is 107 Å². The molecule has 0 saturated heterocycles. The van der Waals surface area contributed by atoms with Crippen molar-refractivity contribution in [1.29, 1.82) is 0 Å². The van der Waals surface area contributed by atoms with Crippen LogP contribution in [0.1, 0.15) is 16.7 Å². The second-order valence-electron chi connectivity index (χ2n) is 7.29. The summed E-state index contributed by atoms with van der Waals surface area (Å²) in [6.45, 7) is 2.44. The third-order valence-corrected chi connectivity index (χ3v) is 6.29. The lowest BCUT2D eigenvalue weighted by molar-refractivity contribution is 0.584. The third-order valence-electron chi connectivity index (χ3n) is 4.80. The molecule has 1 N–H and O–H groups in total. The quantitative estimate of drug-likeness (QED) is 0.313. The van der Waals surface area contributed by atoms with Gasteiger partial charge in [0.25, 0.3) is 10.0 Å². The maximum Gasteiger partial charge on any atom is 0.276 e. The molecule has 162 valence electrons. The van der Waals surface area contributed by atoms with Crippen LogP contribution in [0, 0.1) is 6.92 Å². The summed E-state index contributed by atoms with van der Waals surface area (Å²) >= 11 is 5.97. The fraction of sp³-hybridized carbons (Fsp3) is 0.0833. The second-order valence-corrected chi connectivity index (χ2v) is 9.39. The number of nitrogens with zero attached hydrogens (tertiary/aromatic N) is 3. The number of halogens is 1. The summed E-state index contributed by atoms with van der Waals surface area (Å²) in [6.07, 6.45) is 3.31. The molecule has 0 bridgehead atoms. The van der Waals surface area contributed by atoms with E-state index in [1.807, 2.05) is 67.7 Å². The van der Waals surface area contributed by atoms with Crippen LogP contribution in [-0.4, -0.2) is 24.4 Å². The zero-order chi connectivity index (χ0) is 22.6. The van der Waals surface area contributed by atoms with Gasteiger partial charge >= 0.3 is 0 Å². The standard InChI is InChI=1S/C24H21ClN4O2S/c1-18-7-13-23(14-8-18)32(30,31)28-26-15-21-17-29(16-19-9-11-22(25)12-10-19)27-24(21)20-5-3-2-4-6-20/h2-15,17,28H,16H2,1H3/b26-15+. The van der Waals surface area contributed by atoms with Gasteiger partial charge in [-0.25, -0.2) is 4.83 Å². The van der Waals surface area contributed by atoms with Gasteiger partial charge in [-0.15, -0.1) is 0 Å². The first-order valence-corrected chi connectivity index (χ1v) is 11.8. The van der Waals surface area contributed by atoms with Gasteiger partial charge in [-0.2, -0.15) is 18.6 Å². The Bertz CT molecular complexity index is 1330. The van der Waals surface area contributed by atoms with Crippen LogP contribution in [-0.2, 0) is 16.6 Å². The van der Waals surface area contributed by atoms with Gasteiger partial charge in [-0.1, -0.05) is 71.8 Å². The number of hydrogen-bond donors (Lipinski definition) is 1. The van der Waals surface area contributed by atoms with Crippen LogP contribution in [0.4, 0.5) is 0 Å². The number of sulfonamides is 1. The molecule has 0 spiro atoms. The molecule has 0 radical (unpaired) electrons. The van der Waals surface area contributed by atoms with Crippen LogP contribution in [0.2, 0.25) is 5.02 Å². The first-order valence-electron chi connectivity index (χ1n) is 9.89. The van der Waals surface area contributed by atoms with E-state index >= 15 is 0 Å². The predicted molar refractivity (Wildman–Crippen MR) is 127 cm³/mol. The molecule has 0 atom stereocenters. The second kappa shape index (κ2) is 9.38. The Morgan fingerprint density at radius 2 is 1.69 bits per heavy atom. The number of aryl methyl sites for hydroxylation is 1. The van der Waals surface area contributed by atoms with Crippen LogP contribution in [0.5, 0.6) is 0 Å². The molecule has 32 heavy (non-hydrogen) atoms. The Hall–Kier alpha value is -3.42. The van der Waals surface area contributed by atoms with Crippen molar-refractivity contribution in [3.8, 4) is 11.3 Å². The van der Waals surface area contributed by atoms with E-state index < -0.39 is 10.0 Å². The van der Waals surface area contributed by atoms with E-state index in [1.165, 1.54) is 6.21 Å². The topological polar surface area (TPSA) is 76.3 Å². The average molecular weight is 465 g/mol. The largest absolute Gasteiger partial charge is 0.276 e. The Morgan fingerprint density at radius 3 is 2.38 bits per heavy atom. The van der Waals surface area contributed by atoms with Crippen LogP contribution < -0.4 is 4.83 Å². The number of rotatable bonds is 7. The van der Waals surface area contributed by atoms with E-state index in [-0.39, 0.29) is 4.90 Å². The minimum absolute atomic E-state index is 0.155. The highest BCUT2D eigenvalue weighted by molar-refractivity contribution is 7.89. The molecule has 1 heterocycles.